The van der Waals surface area contributed by atoms with Crippen molar-refractivity contribution >= 4 is 53.1 Å². The van der Waals surface area contributed by atoms with Gasteiger partial charge >= 0.3 is 0 Å². The average molecular weight is 420 g/mol. The van der Waals surface area contributed by atoms with E-state index in [9.17, 15) is 4.79 Å². The lowest BCUT2D eigenvalue weighted by Gasteiger charge is -2.29. The van der Waals surface area contributed by atoms with Crippen molar-refractivity contribution in [2.75, 3.05) is 13.1 Å². The minimum atomic E-state index is -0.00793. The number of rotatable bonds is 4. The van der Waals surface area contributed by atoms with E-state index in [2.05, 4.69) is 5.32 Å². The number of amides is 1. The van der Waals surface area contributed by atoms with Gasteiger partial charge < -0.3 is 10.2 Å². The fourth-order valence-electron chi connectivity index (χ4n) is 2.87. The van der Waals surface area contributed by atoms with E-state index in [1.54, 1.807) is 30.3 Å². The first-order valence-electron chi connectivity index (χ1n) is 7.76. The second-order valence-electron chi connectivity index (χ2n) is 5.84. The predicted molar refractivity (Wildman–Crippen MR) is 106 cm³/mol. The Morgan fingerprint density at radius 3 is 2.40 bits per heavy atom. The van der Waals surface area contributed by atoms with Crippen molar-refractivity contribution in [3.63, 3.8) is 0 Å². The van der Waals surface area contributed by atoms with E-state index >= 15 is 0 Å². The molecule has 1 atom stereocenters. The molecule has 0 radical (unpaired) electrons. The molecule has 1 heterocycles. The fraction of sp³-hybridized carbons (Fsp3) is 0.278. The highest BCUT2D eigenvalue weighted by atomic mass is 35.5. The van der Waals surface area contributed by atoms with Gasteiger partial charge in [0.1, 0.15) is 0 Å². The van der Waals surface area contributed by atoms with Gasteiger partial charge in [0, 0.05) is 29.7 Å². The highest BCUT2D eigenvalue weighted by Crippen LogP contribution is 2.25. The molecule has 7 heteroatoms. The Hall–Kier alpha value is -0.970. The summed E-state index contributed by atoms with van der Waals surface area (Å²) in [5, 5.41) is 4.94. The molecule has 2 aromatic carbocycles. The minimum Gasteiger partial charge on any atom is -0.330 e. The molecule has 2 aromatic rings. The first-order chi connectivity index (χ1) is 11.5. The zero-order valence-electron chi connectivity index (χ0n) is 13.3. The zero-order valence-corrected chi connectivity index (χ0v) is 16.4. The normalized spacial score (nSPS) is 16.4. The van der Waals surface area contributed by atoms with Crippen molar-refractivity contribution in [2.45, 2.75) is 19.0 Å². The van der Waals surface area contributed by atoms with Gasteiger partial charge in [0.25, 0.3) is 5.91 Å². The Bertz CT molecular complexity index is 730. The summed E-state index contributed by atoms with van der Waals surface area (Å²) in [4.78, 5) is 14.9. The lowest BCUT2D eigenvalue weighted by molar-refractivity contribution is 0.0676. The molecule has 1 amide bonds. The van der Waals surface area contributed by atoms with Gasteiger partial charge in [0.05, 0.1) is 10.0 Å². The second kappa shape index (κ2) is 9.11. The molecule has 25 heavy (non-hydrogen) atoms. The Morgan fingerprint density at radius 1 is 1.08 bits per heavy atom. The number of nitrogens with one attached hydrogen (secondary N) is 1. The first-order valence-corrected chi connectivity index (χ1v) is 8.89. The smallest absolute Gasteiger partial charge is 0.254 e. The van der Waals surface area contributed by atoms with Crippen molar-refractivity contribution < 1.29 is 4.79 Å². The maximum absolute atomic E-state index is 13.0. The molecule has 1 saturated heterocycles. The largest absolute Gasteiger partial charge is 0.330 e. The molecule has 0 aliphatic carbocycles. The van der Waals surface area contributed by atoms with E-state index in [0.717, 1.165) is 25.1 Å². The summed E-state index contributed by atoms with van der Waals surface area (Å²) in [6, 6.07) is 12.6. The van der Waals surface area contributed by atoms with Crippen molar-refractivity contribution in [3.05, 3.63) is 68.7 Å². The summed E-state index contributed by atoms with van der Waals surface area (Å²) in [5.74, 6) is -0.00793. The van der Waals surface area contributed by atoms with Crippen LogP contribution in [0.1, 0.15) is 22.3 Å². The topological polar surface area (TPSA) is 32.3 Å². The van der Waals surface area contributed by atoms with Crippen LogP contribution in [0.3, 0.4) is 0 Å². The molecule has 134 valence electrons. The number of hydrogen-bond donors (Lipinski definition) is 1. The summed E-state index contributed by atoms with van der Waals surface area (Å²) in [5.41, 5.74) is 1.59. The summed E-state index contributed by atoms with van der Waals surface area (Å²) in [6.07, 6.45) is 0.931. The summed E-state index contributed by atoms with van der Waals surface area (Å²) in [6.45, 7) is 2.20. The fourth-order valence-corrected chi connectivity index (χ4v) is 3.31. The van der Waals surface area contributed by atoms with Gasteiger partial charge in [-0.2, -0.15) is 0 Å². The van der Waals surface area contributed by atoms with Crippen LogP contribution in [0.2, 0.25) is 15.1 Å². The average Bonchev–Trinajstić information content (AvgIpc) is 3.10. The van der Waals surface area contributed by atoms with E-state index < -0.39 is 0 Å². The number of nitrogens with zero attached hydrogens (tertiary/aromatic N) is 1. The maximum atomic E-state index is 13.0. The number of carbonyl (C=O) groups is 1. The highest BCUT2D eigenvalue weighted by Gasteiger charge is 2.27. The van der Waals surface area contributed by atoms with Crippen molar-refractivity contribution in [1.29, 1.82) is 0 Å². The monoisotopic (exact) mass is 418 g/mol. The summed E-state index contributed by atoms with van der Waals surface area (Å²) >= 11 is 18.0. The molecule has 0 aromatic heterocycles. The molecule has 1 aliphatic heterocycles. The molecule has 0 saturated carbocycles. The molecule has 0 bridgehead atoms. The SMILES string of the molecule is Cl.O=C(c1ccc(Cl)cc1)N(Cc1ccc(Cl)c(Cl)c1)[C@@H]1CCNC1. The third-order valence-electron chi connectivity index (χ3n) is 4.16. The van der Waals surface area contributed by atoms with Crippen molar-refractivity contribution in [2.24, 2.45) is 0 Å². The van der Waals surface area contributed by atoms with Crippen molar-refractivity contribution in [1.82, 2.24) is 10.2 Å². The van der Waals surface area contributed by atoms with Crippen LogP contribution in [-0.4, -0.2) is 29.9 Å². The lowest BCUT2D eigenvalue weighted by Crippen LogP contribution is -2.41. The standard InChI is InChI=1S/C18H17Cl3N2O.ClH/c19-14-4-2-13(3-5-14)18(24)23(15-7-8-22-10-15)11-12-1-6-16(20)17(21)9-12;/h1-6,9,15,22H,7-8,10-11H2;1H/t15-;/m1./s1. The Labute approximate surface area is 168 Å². The van der Waals surface area contributed by atoms with Crippen LogP contribution < -0.4 is 5.32 Å². The number of halogens is 4. The van der Waals surface area contributed by atoms with Crippen LogP contribution in [0, 0.1) is 0 Å². The van der Waals surface area contributed by atoms with Crippen LogP contribution in [-0.2, 0) is 6.54 Å². The van der Waals surface area contributed by atoms with Crippen LogP contribution in [0.4, 0.5) is 0 Å². The summed E-state index contributed by atoms with van der Waals surface area (Å²) < 4.78 is 0. The summed E-state index contributed by atoms with van der Waals surface area (Å²) in [7, 11) is 0. The quantitative estimate of drug-likeness (QED) is 0.749. The number of carbonyl (C=O) groups excluding carboxylic acids is 1. The Morgan fingerprint density at radius 2 is 1.80 bits per heavy atom. The van der Waals surface area contributed by atoms with E-state index in [4.69, 9.17) is 34.8 Å². The lowest BCUT2D eigenvalue weighted by atomic mass is 10.1. The molecule has 1 fully saturated rings. The maximum Gasteiger partial charge on any atom is 0.254 e. The van der Waals surface area contributed by atoms with Crippen LogP contribution >= 0.6 is 47.2 Å². The molecule has 1 aliphatic rings. The molecule has 3 nitrogen and oxygen atoms in total. The van der Waals surface area contributed by atoms with E-state index in [0.29, 0.717) is 27.2 Å². The third-order valence-corrected chi connectivity index (χ3v) is 5.16. The second-order valence-corrected chi connectivity index (χ2v) is 7.09. The molecule has 0 spiro atoms. The van der Waals surface area contributed by atoms with Gasteiger partial charge in [0.2, 0.25) is 0 Å². The first kappa shape index (κ1) is 20.3. The van der Waals surface area contributed by atoms with Crippen molar-refractivity contribution in [3.8, 4) is 0 Å². The number of benzene rings is 2. The van der Waals surface area contributed by atoms with Gasteiger partial charge in [-0.1, -0.05) is 40.9 Å². The van der Waals surface area contributed by atoms with Crippen LogP contribution in [0.5, 0.6) is 0 Å². The molecule has 3 rings (SSSR count). The van der Waals surface area contributed by atoms with Gasteiger partial charge in [-0.3, -0.25) is 4.79 Å². The molecule has 0 unspecified atom stereocenters. The molecular weight excluding hydrogens is 402 g/mol. The number of hydrogen-bond acceptors (Lipinski definition) is 2. The van der Waals surface area contributed by atoms with Gasteiger partial charge in [-0.05, 0) is 54.9 Å². The Kier molecular flexibility index (Phi) is 7.41. The van der Waals surface area contributed by atoms with Gasteiger partial charge in [-0.15, -0.1) is 12.4 Å². The van der Waals surface area contributed by atoms with Crippen LogP contribution in [0.15, 0.2) is 42.5 Å². The van der Waals surface area contributed by atoms with E-state index in [1.807, 2.05) is 17.0 Å². The molecular formula is C18H18Cl4N2O. The Balaban J connectivity index is 0.00000225. The zero-order chi connectivity index (χ0) is 17.1. The molecule has 1 N–H and O–H groups in total. The van der Waals surface area contributed by atoms with Crippen LogP contribution in [0.25, 0.3) is 0 Å². The minimum absolute atomic E-state index is 0. The highest BCUT2D eigenvalue weighted by molar-refractivity contribution is 6.42. The van der Waals surface area contributed by atoms with Gasteiger partial charge in [0.15, 0.2) is 0 Å². The van der Waals surface area contributed by atoms with E-state index in [1.165, 1.54) is 0 Å². The van der Waals surface area contributed by atoms with Gasteiger partial charge in [-0.25, -0.2) is 0 Å². The third kappa shape index (κ3) is 5.02. The van der Waals surface area contributed by atoms with E-state index in [-0.39, 0.29) is 24.4 Å². The predicted octanol–water partition coefficient (Wildman–Crippen LogP) is 5.07.